The molecule has 7 heteroatoms. The van der Waals surface area contributed by atoms with E-state index in [-0.39, 0.29) is 24.1 Å². The van der Waals surface area contributed by atoms with Crippen molar-refractivity contribution in [1.29, 1.82) is 0 Å². The highest BCUT2D eigenvalue weighted by molar-refractivity contribution is 5.92. The van der Waals surface area contributed by atoms with Gasteiger partial charge in [0, 0.05) is 12.1 Å². The smallest absolute Gasteiger partial charge is 0.258 e. The van der Waals surface area contributed by atoms with E-state index in [0.29, 0.717) is 34.8 Å². The lowest BCUT2D eigenvalue weighted by Crippen LogP contribution is -2.36. The van der Waals surface area contributed by atoms with Gasteiger partial charge in [-0.2, -0.15) is 0 Å². The molecule has 0 fully saturated rings. The van der Waals surface area contributed by atoms with Gasteiger partial charge in [0.1, 0.15) is 5.82 Å². The van der Waals surface area contributed by atoms with Gasteiger partial charge in [0.2, 0.25) is 5.91 Å². The fraction of sp³-hybridized carbons (Fsp3) is 0.292. The Labute approximate surface area is 181 Å². The average molecular weight is 421 g/mol. The van der Waals surface area contributed by atoms with Crippen molar-refractivity contribution >= 4 is 22.9 Å². The van der Waals surface area contributed by atoms with E-state index in [4.69, 9.17) is 9.47 Å². The first-order valence-electron chi connectivity index (χ1n) is 10.2. The molecule has 0 unspecified atom stereocenters. The maximum Gasteiger partial charge on any atom is 0.258 e. The number of hydrogen-bond acceptors (Lipinski definition) is 5. The normalized spacial score (nSPS) is 11.3. The van der Waals surface area contributed by atoms with Crippen LogP contribution in [0.25, 0.3) is 17.0 Å². The van der Waals surface area contributed by atoms with Gasteiger partial charge in [-0.15, -0.1) is 0 Å². The van der Waals surface area contributed by atoms with Crippen molar-refractivity contribution in [3.63, 3.8) is 0 Å². The third-order valence-corrected chi connectivity index (χ3v) is 4.79. The largest absolute Gasteiger partial charge is 0.493 e. The molecular formula is C24H27N3O4. The quantitative estimate of drug-likeness (QED) is 0.560. The lowest BCUT2D eigenvalue weighted by atomic mass is 10.1. The van der Waals surface area contributed by atoms with Crippen LogP contribution in [0.4, 0.5) is 0 Å². The summed E-state index contributed by atoms with van der Waals surface area (Å²) in [7, 11) is 1.59. The number of aromatic amines is 1. The number of nitrogens with zero attached hydrogens (tertiary/aromatic N) is 2. The SMILES string of the molecule is CCOc1cc(/C=C/C(=O)N(Cc2nc3ccccc3c(=O)[nH]2)C(C)C)ccc1OC. The molecule has 1 heterocycles. The van der Waals surface area contributed by atoms with E-state index in [1.807, 2.05) is 39.0 Å². The number of rotatable bonds is 8. The molecule has 0 bridgehead atoms. The first-order valence-corrected chi connectivity index (χ1v) is 10.2. The van der Waals surface area contributed by atoms with Gasteiger partial charge in [0.25, 0.3) is 5.56 Å². The molecule has 3 rings (SSSR count). The van der Waals surface area contributed by atoms with Gasteiger partial charge in [-0.3, -0.25) is 9.59 Å². The summed E-state index contributed by atoms with van der Waals surface area (Å²) in [5.41, 5.74) is 1.21. The van der Waals surface area contributed by atoms with E-state index in [1.165, 1.54) is 6.08 Å². The van der Waals surface area contributed by atoms with Gasteiger partial charge in [-0.25, -0.2) is 4.98 Å². The van der Waals surface area contributed by atoms with Crippen LogP contribution >= 0.6 is 0 Å². The second-order valence-electron chi connectivity index (χ2n) is 7.27. The van der Waals surface area contributed by atoms with Crippen LogP contribution in [0.3, 0.4) is 0 Å². The van der Waals surface area contributed by atoms with Crippen molar-refractivity contribution in [1.82, 2.24) is 14.9 Å². The molecule has 1 amide bonds. The molecule has 0 aliphatic rings. The number of hydrogen-bond donors (Lipinski definition) is 1. The van der Waals surface area contributed by atoms with Crippen molar-refractivity contribution in [2.75, 3.05) is 13.7 Å². The van der Waals surface area contributed by atoms with Crippen LogP contribution in [0.5, 0.6) is 11.5 Å². The lowest BCUT2D eigenvalue weighted by Gasteiger charge is -2.25. The topological polar surface area (TPSA) is 84.5 Å². The Morgan fingerprint density at radius 3 is 2.68 bits per heavy atom. The molecule has 0 atom stereocenters. The van der Waals surface area contributed by atoms with E-state index in [1.54, 1.807) is 42.4 Å². The monoisotopic (exact) mass is 421 g/mol. The van der Waals surface area contributed by atoms with Gasteiger partial charge in [0.05, 0.1) is 31.2 Å². The molecular weight excluding hydrogens is 394 g/mol. The summed E-state index contributed by atoms with van der Waals surface area (Å²) < 4.78 is 10.9. The zero-order valence-electron chi connectivity index (χ0n) is 18.2. The van der Waals surface area contributed by atoms with E-state index in [9.17, 15) is 9.59 Å². The van der Waals surface area contributed by atoms with Crippen LogP contribution in [-0.2, 0) is 11.3 Å². The molecule has 0 aliphatic heterocycles. The molecule has 3 aromatic rings. The molecule has 1 aromatic heterocycles. The summed E-state index contributed by atoms with van der Waals surface area (Å²) in [6.45, 7) is 6.46. The van der Waals surface area contributed by atoms with Crippen LogP contribution in [0.15, 0.2) is 53.3 Å². The zero-order chi connectivity index (χ0) is 22.4. The second kappa shape index (κ2) is 9.93. The maximum atomic E-state index is 12.9. The van der Waals surface area contributed by atoms with Crippen molar-refractivity contribution < 1.29 is 14.3 Å². The number of carbonyl (C=O) groups excluding carboxylic acids is 1. The van der Waals surface area contributed by atoms with Gasteiger partial charge in [0.15, 0.2) is 11.5 Å². The number of methoxy groups -OCH3 is 1. The molecule has 0 aliphatic carbocycles. The number of aromatic nitrogens is 2. The van der Waals surface area contributed by atoms with E-state index in [0.717, 1.165) is 5.56 Å². The van der Waals surface area contributed by atoms with Crippen molar-refractivity contribution in [3.05, 3.63) is 70.3 Å². The highest BCUT2D eigenvalue weighted by Gasteiger charge is 2.17. The number of benzene rings is 2. The summed E-state index contributed by atoms with van der Waals surface area (Å²) >= 11 is 0. The highest BCUT2D eigenvalue weighted by Crippen LogP contribution is 2.28. The number of para-hydroxylation sites is 1. The summed E-state index contributed by atoms with van der Waals surface area (Å²) in [5, 5.41) is 0.526. The van der Waals surface area contributed by atoms with E-state index >= 15 is 0 Å². The number of H-pyrrole nitrogens is 1. The first-order chi connectivity index (χ1) is 14.9. The predicted octanol–water partition coefficient (Wildman–Crippen LogP) is 3.78. The minimum atomic E-state index is -0.214. The number of nitrogens with one attached hydrogen (secondary N) is 1. The Morgan fingerprint density at radius 2 is 1.97 bits per heavy atom. The zero-order valence-corrected chi connectivity index (χ0v) is 18.2. The Morgan fingerprint density at radius 1 is 1.19 bits per heavy atom. The third-order valence-electron chi connectivity index (χ3n) is 4.79. The minimum absolute atomic E-state index is 0.0798. The lowest BCUT2D eigenvalue weighted by molar-refractivity contribution is -0.128. The Kier molecular flexibility index (Phi) is 7.07. The third kappa shape index (κ3) is 5.31. The average Bonchev–Trinajstić information content (AvgIpc) is 2.76. The number of amides is 1. The number of carbonyl (C=O) groups is 1. The first kappa shape index (κ1) is 22.1. The fourth-order valence-electron chi connectivity index (χ4n) is 3.21. The number of fused-ring (bicyclic) bond motifs is 1. The predicted molar refractivity (Wildman–Crippen MR) is 121 cm³/mol. The van der Waals surface area contributed by atoms with Crippen molar-refractivity contribution in [3.8, 4) is 11.5 Å². The fourth-order valence-corrected chi connectivity index (χ4v) is 3.21. The standard InChI is InChI=1S/C24H27N3O4/c1-5-31-21-14-17(10-12-20(21)30-4)11-13-23(28)27(16(2)3)15-22-25-19-9-7-6-8-18(19)24(29)26-22/h6-14,16H,5,15H2,1-4H3,(H,25,26,29)/b13-11+. The van der Waals surface area contributed by atoms with E-state index < -0.39 is 0 Å². The second-order valence-corrected chi connectivity index (χ2v) is 7.27. The maximum absolute atomic E-state index is 12.9. The van der Waals surface area contributed by atoms with Crippen molar-refractivity contribution in [2.24, 2.45) is 0 Å². The van der Waals surface area contributed by atoms with E-state index in [2.05, 4.69) is 9.97 Å². The molecule has 0 spiro atoms. The van der Waals surface area contributed by atoms with Gasteiger partial charge in [-0.1, -0.05) is 18.2 Å². The Balaban J connectivity index is 1.81. The summed E-state index contributed by atoms with van der Waals surface area (Å²) in [6, 6.07) is 12.5. The minimum Gasteiger partial charge on any atom is -0.493 e. The molecule has 162 valence electrons. The van der Waals surface area contributed by atoms with Crippen molar-refractivity contribution in [2.45, 2.75) is 33.4 Å². The van der Waals surface area contributed by atoms with Gasteiger partial charge >= 0.3 is 0 Å². The van der Waals surface area contributed by atoms with Crippen LogP contribution in [0.1, 0.15) is 32.2 Å². The molecule has 1 N–H and O–H groups in total. The molecule has 2 aromatic carbocycles. The summed E-state index contributed by atoms with van der Waals surface area (Å²) in [4.78, 5) is 34.2. The molecule has 0 saturated heterocycles. The van der Waals surface area contributed by atoms with Gasteiger partial charge in [-0.05, 0) is 56.7 Å². The van der Waals surface area contributed by atoms with Crippen LogP contribution < -0.4 is 15.0 Å². The van der Waals surface area contributed by atoms with Gasteiger partial charge < -0.3 is 19.4 Å². The summed E-state index contributed by atoms with van der Waals surface area (Å²) in [6.07, 6.45) is 3.24. The molecule has 7 nitrogen and oxygen atoms in total. The summed E-state index contributed by atoms with van der Waals surface area (Å²) in [5.74, 6) is 1.53. The van der Waals surface area contributed by atoms with Crippen LogP contribution in [0.2, 0.25) is 0 Å². The highest BCUT2D eigenvalue weighted by atomic mass is 16.5. The Hall–Kier alpha value is -3.61. The Bertz CT molecular complexity index is 1150. The number of ether oxygens (including phenoxy) is 2. The van der Waals surface area contributed by atoms with Crippen LogP contribution in [-0.4, -0.2) is 40.5 Å². The van der Waals surface area contributed by atoms with Crippen LogP contribution in [0, 0.1) is 0 Å². The molecule has 0 saturated carbocycles. The molecule has 31 heavy (non-hydrogen) atoms. The molecule has 0 radical (unpaired) electrons.